The van der Waals surface area contributed by atoms with Crippen molar-refractivity contribution in [1.29, 1.82) is 0 Å². The fourth-order valence-electron chi connectivity index (χ4n) is 1.24. The van der Waals surface area contributed by atoms with Crippen LogP contribution in [-0.4, -0.2) is 21.0 Å². The zero-order valence-corrected chi connectivity index (χ0v) is 10.0. The lowest BCUT2D eigenvalue weighted by atomic mass is 10.2. The maximum Gasteiger partial charge on any atom is 0.254 e. The van der Waals surface area contributed by atoms with Crippen LogP contribution in [0.3, 0.4) is 0 Å². The monoisotopic (exact) mass is 270 g/mol. The Morgan fingerprint density at radius 3 is 3.06 bits per heavy atom. The van der Waals surface area contributed by atoms with E-state index < -0.39 is 11.7 Å². The molecule has 94 valence electrons. The summed E-state index contributed by atoms with van der Waals surface area (Å²) in [5.41, 5.74) is -0.0482. The number of rotatable bonds is 3. The molecule has 0 aliphatic heterocycles. The Balaban J connectivity index is 2.05. The van der Waals surface area contributed by atoms with Crippen molar-refractivity contribution in [2.75, 3.05) is 0 Å². The molecule has 8 heteroatoms. The second-order valence-electron chi connectivity index (χ2n) is 3.41. The molecule has 0 saturated heterocycles. The van der Waals surface area contributed by atoms with E-state index in [9.17, 15) is 9.18 Å². The smallest absolute Gasteiger partial charge is 0.254 e. The third-order valence-electron chi connectivity index (χ3n) is 2.02. The lowest BCUT2D eigenvalue weighted by Crippen LogP contribution is -2.23. The van der Waals surface area contributed by atoms with E-state index in [1.54, 1.807) is 6.92 Å². The van der Waals surface area contributed by atoms with Crippen molar-refractivity contribution in [2.24, 2.45) is 0 Å². The molecule has 2 aromatic heterocycles. The first kappa shape index (κ1) is 12.4. The number of carbonyl (C=O) groups is 1. The van der Waals surface area contributed by atoms with Gasteiger partial charge in [-0.2, -0.15) is 4.98 Å². The van der Waals surface area contributed by atoms with Gasteiger partial charge in [-0.1, -0.05) is 16.8 Å². The molecule has 0 atom stereocenters. The van der Waals surface area contributed by atoms with Crippen LogP contribution < -0.4 is 5.32 Å². The second-order valence-corrected chi connectivity index (χ2v) is 3.77. The molecule has 0 unspecified atom stereocenters. The number of aromatic nitrogens is 3. The van der Waals surface area contributed by atoms with Crippen LogP contribution in [-0.2, 0) is 6.54 Å². The Labute approximate surface area is 106 Å². The molecule has 2 rings (SSSR count). The van der Waals surface area contributed by atoms with Gasteiger partial charge in [0.15, 0.2) is 5.82 Å². The van der Waals surface area contributed by atoms with E-state index in [2.05, 4.69) is 20.4 Å². The first-order chi connectivity index (χ1) is 8.56. The van der Waals surface area contributed by atoms with Crippen LogP contribution in [0.15, 0.2) is 16.8 Å². The summed E-state index contributed by atoms with van der Waals surface area (Å²) in [6.07, 6.45) is 0.931. The molecular formula is C10H8ClFN4O2. The standard InChI is InChI=1S/C10H8ClFN4O2/c1-5-15-8(18-16-5)4-14-10(17)7-2-6(12)3-13-9(7)11/h2-3H,4H2,1H3,(H,14,17). The number of nitrogens with zero attached hydrogens (tertiary/aromatic N) is 3. The first-order valence-corrected chi connectivity index (χ1v) is 5.32. The molecule has 0 fully saturated rings. The first-order valence-electron chi connectivity index (χ1n) is 4.94. The van der Waals surface area contributed by atoms with Gasteiger partial charge in [-0.15, -0.1) is 0 Å². The summed E-state index contributed by atoms with van der Waals surface area (Å²) < 4.78 is 17.7. The van der Waals surface area contributed by atoms with Gasteiger partial charge in [-0.3, -0.25) is 4.79 Å². The van der Waals surface area contributed by atoms with Crippen molar-refractivity contribution in [2.45, 2.75) is 13.5 Å². The van der Waals surface area contributed by atoms with E-state index in [0.29, 0.717) is 5.82 Å². The fraction of sp³-hybridized carbons (Fsp3) is 0.200. The minimum absolute atomic E-state index is 0.0342. The van der Waals surface area contributed by atoms with Gasteiger partial charge in [0.25, 0.3) is 5.91 Å². The predicted molar refractivity (Wildman–Crippen MR) is 59.4 cm³/mol. The topological polar surface area (TPSA) is 80.9 Å². The molecule has 0 spiro atoms. The number of amides is 1. The van der Waals surface area contributed by atoms with Crippen LogP contribution in [0.5, 0.6) is 0 Å². The minimum Gasteiger partial charge on any atom is -0.343 e. The Bertz CT molecular complexity index is 587. The maximum absolute atomic E-state index is 12.9. The summed E-state index contributed by atoms with van der Waals surface area (Å²) in [7, 11) is 0. The molecular weight excluding hydrogens is 263 g/mol. The van der Waals surface area contributed by atoms with E-state index in [4.69, 9.17) is 16.1 Å². The molecule has 0 aromatic carbocycles. The van der Waals surface area contributed by atoms with Crippen molar-refractivity contribution < 1.29 is 13.7 Å². The van der Waals surface area contributed by atoms with Gasteiger partial charge in [0.2, 0.25) is 5.89 Å². The fourth-order valence-corrected chi connectivity index (χ4v) is 1.43. The zero-order valence-electron chi connectivity index (χ0n) is 9.28. The summed E-state index contributed by atoms with van der Waals surface area (Å²) in [5.74, 6) is -0.493. The molecule has 18 heavy (non-hydrogen) atoms. The maximum atomic E-state index is 12.9. The highest BCUT2D eigenvalue weighted by molar-refractivity contribution is 6.32. The molecule has 0 radical (unpaired) electrons. The van der Waals surface area contributed by atoms with Crippen LogP contribution in [0.2, 0.25) is 5.15 Å². The van der Waals surface area contributed by atoms with Gasteiger partial charge < -0.3 is 9.84 Å². The summed E-state index contributed by atoms with van der Waals surface area (Å²) in [5, 5.41) is 5.96. The number of aryl methyl sites for hydroxylation is 1. The Kier molecular flexibility index (Phi) is 3.52. The van der Waals surface area contributed by atoms with E-state index in [0.717, 1.165) is 12.3 Å². The van der Waals surface area contributed by atoms with E-state index in [-0.39, 0.29) is 23.2 Å². The van der Waals surface area contributed by atoms with Gasteiger partial charge >= 0.3 is 0 Å². The SMILES string of the molecule is Cc1noc(CNC(=O)c2cc(F)cnc2Cl)n1. The molecule has 1 amide bonds. The zero-order chi connectivity index (χ0) is 13.1. The van der Waals surface area contributed by atoms with Gasteiger partial charge in [-0.25, -0.2) is 9.37 Å². The third kappa shape index (κ3) is 2.80. The average molecular weight is 271 g/mol. The average Bonchev–Trinajstić information content (AvgIpc) is 2.75. The third-order valence-corrected chi connectivity index (χ3v) is 2.32. The van der Waals surface area contributed by atoms with Crippen LogP contribution in [0, 0.1) is 12.7 Å². The number of nitrogens with one attached hydrogen (secondary N) is 1. The molecule has 0 aliphatic carbocycles. The Morgan fingerprint density at radius 1 is 1.61 bits per heavy atom. The number of carbonyl (C=O) groups excluding carboxylic acids is 1. The highest BCUT2D eigenvalue weighted by atomic mass is 35.5. The summed E-state index contributed by atoms with van der Waals surface area (Å²) >= 11 is 5.69. The highest BCUT2D eigenvalue weighted by Gasteiger charge is 2.13. The normalized spacial score (nSPS) is 10.4. The number of hydrogen-bond donors (Lipinski definition) is 1. The van der Waals surface area contributed by atoms with Gasteiger partial charge in [0.05, 0.1) is 18.3 Å². The lowest BCUT2D eigenvalue weighted by molar-refractivity contribution is 0.0945. The van der Waals surface area contributed by atoms with Gasteiger partial charge in [-0.05, 0) is 13.0 Å². The van der Waals surface area contributed by atoms with Crippen LogP contribution in [0.25, 0.3) is 0 Å². The van der Waals surface area contributed by atoms with E-state index in [1.807, 2.05) is 0 Å². The van der Waals surface area contributed by atoms with E-state index >= 15 is 0 Å². The quantitative estimate of drug-likeness (QED) is 0.855. The summed E-state index contributed by atoms with van der Waals surface area (Å²) in [6, 6.07) is 1.00. The Hall–Kier alpha value is -2.02. The molecule has 0 bridgehead atoms. The van der Waals surface area contributed by atoms with Crippen LogP contribution in [0.4, 0.5) is 4.39 Å². The number of hydrogen-bond acceptors (Lipinski definition) is 5. The molecule has 2 aromatic rings. The van der Waals surface area contributed by atoms with Crippen molar-refractivity contribution in [3.63, 3.8) is 0 Å². The van der Waals surface area contributed by atoms with Gasteiger partial charge in [0.1, 0.15) is 11.0 Å². The minimum atomic E-state index is -0.641. The molecule has 2 heterocycles. The van der Waals surface area contributed by atoms with Gasteiger partial charge in [0, 0.05) is 0 Å². The van der Waals surface area contributed by atoms with Crippen LogP contribution >= 0.6 is 11.6 Å². The number of halogens is 2. The van der Waals surface area contributed by atoms with Crippen molar-refractivity contribution >= 4 is 17.5 Å². The van der Waals surface area contributed by atoms with Crippen molar-refractivity contribution in [1.82, 2.24) is 20.4 Å². The molecule has 1 N–H and O–H groups in total. The summed E-state index contributed by atoms with van der Waals surface area (Å²) in [6.45, 7) is 1.69. The summed E-state index contributed by atoms with van der Waals surface area (Å²) in [4.78, 5) is 19.1. The number of pyridine rings is 1. The van der Waals surface area contributed by atoms with Crippen LogP contribution in [0.1, 0.15) is 22.1 Å². The molecule has 0 aliphatic rings. The Morgan fingerprint density at radius 2 is 2.39 bits per heavy atom. The lowest BCUT2D eigenvalue weighted by Gasteiger charge is -2.03. The van der Waals surface area contributed by atoms with Crippen molar-refractivity contribution in [3.05, 3.63) is 40.5 Å². The highest BCUT2D eigenvalue weighted by Crippen LogP contribution is 2.13. The molecule has 0 saturated carbocycles. The van der Waals surface area contributed by atoms with Crippen molar-refractivity contribution in [3.8, 4) is 0 Å². The predicted octanol–water partition coefficient (Wildman–Crippen LogP) is 1.50. The molecule has 6 nitrogen and oxygen atoms in total. The largest absolute Gasteiger partial charge is 0.343 e. The second kappa shape index (κ2) is 5.09. The van der Waals surface area contributed by atoms with E-state index in [1.165, 1.54) is 0 Å².